The molecule has 4 N–H and O–H groups in total. The van der Waals surface area contributed by atoms with Crippen LogP contribution in [-0.2, 0) is 11.2 Å². The van der Waals surface area contributed by atoms with Gasteiger partial charge < -0.3 is 20.8 Å². The lowest BCUT2D eigenvalue weighted by atomic mass is 10.1. The van der Waals surface area contributed by atoms with E-state index in [-0.39, 0.29) is 29.8 Å². The molecule has 2 amide bonds. The smallest absolute Gasteiger partial charge is 0.270 e. The number of benzene rings is 1. The predicted octanol–water partition coefficient (Wildman–Crippen LogP) is 2.26. The first-order valence-corrected chi connectivity index (χ1v) is 9.02. The minimum absolute atomic E-state index is 0.0144. The molecule has 27 heavy (non-hydrogen) atoms. The van der Waals surface area contributed by atoms with E-state index in [4.69, 9.17) is 11.6 Å². The minimum Gasteiger partial charge on any atom is -0.508 e. The van der Waals surface area contributed by atoms with Crippen LogP contribution in [0.2, 0.25) is 5.02 Å². The number of aliphatic hydroxyl groups excluding tert-OH is 1. The number of phenols is 1. The van der Waals surface area contributed by atoms with Gasteiger partial charge in [0.1, 0.15) is 11.4 Å². The molecule has 8 heteroatoms. The van der Waals surface area contributed by atoms with E-state index in [2.05, 4.69) is 15.6 Å². The van der Waals surface area contributed by atoms with E-state index in [0.29, 0.717) is 22.7 Å². The summed E-state index contributed by atoms with van der Waals surface area (Å²) < 4.78 is 0. The van der Waals surface area contributed by atoms with Crippen molar-refractivity contribution in [2.75, 3.05) is 5.32 Å². The monoisotopic (exact) mass is 389 g/mol. The van der Waals surface area contributed by atoms with Gasteiger partial charge in [0.05, 0.1) is 18.6 Å². The highest BCUT2D eigenvalue weighted by Gasteiger charge is 2.27. The predicted molar refractivity (Wildman–Crippen MR) is 101 cm³/mol. The SMILES string of the molecule is O=C(Cc1cc(Cl)ccc1O)Nc1ccnc(C(=O)N[C@@H]2CCC[C@H]2O)c1. The molecule has 0 radical (unpaired) electrons. The van der Waals surface area contributed by atoms with Crippen molar-refractivity contribution in [3.63, 3.8) is 0 Å². The Balaban J connectivity index is 1.63. The van der Waals surface area contributed by atoms with Gasteiger partial charge in [-0.25, -0.2) is 0 Å². The van der Waals surface area contributed by atoms with Crippen molar-refractivity contribution in [2.45, 2.75) is 37.8 Å². The van der Waals surface area contributed by atoms with Crippen LogP contribution in [0.4, 0.5) is 5.69 Å². The van der Waals surface area contributed by atoms with Gasteiger partial charge in [-0.3, -0.25) is 14.6 Å². The lowest BCUT2D eigenvalue weighted by molar-refractivity contribution is -0.115. The molecule has 0 unspecified atom stereocenters. The Morgan fingerprint density at radius 2 is 2.04 bits per heavy atom. The second-order valence-corrected chi connectivity index (χ2v) is 6.94. The molecule has 0 saturated heterocycles. The van der Waals surface area contributed by atoms with Crippen LogP contribution in [0.25, 0.3) is 0 Å². The summed E-state index contributed by atoms with van der Waals surface area (Å²) in [5, 5.41) is 25.5. The molecule has 142 valence electrons. The van der Waals surface area contributed by atoms with Crippen molar-refractivity contribution in [3.8, 4) is 5.75 Å². The fourth-order valence-electron chi connectivity index (χ4n) is 3.06. The second-order valence-electron chi connectivity index (χ2n) is 6.51. The van der Waals surface area contributed by atoms with Crippen LogP contribution in [0.5, 0.6) is 5.75 Å². The Kier molecular flexibility index (Phi) is 5.93. The topological polar surface area (TPSA) is 112 Å². The van der Waals surface area contributed by atoms with Crippen LogP contribution in [0.15, 0.2) is 36.5 Å². The van der Waals surface area contributed by atoms with Crippen LogP contribution in [-0.4, -0.2) is 39.2 Å². The summed E-state index contributed by atoms with van der Waals surface area (Å²) in [5.74, 6) is -0.777. The average molecular weight is 390 g/mol. The molecular weight excluding hydrogens is 370 g/mol. The van der Waals surface area contributed by atoms with Crippen LogP contribution in [0, 0.1) is 0 Å². The second kappa shape index (κ2) is 8.37. The standard InChI is InChI=1S/C19H20ClN3O4/c20-12-4-5-16(24)11(8-12)9-18(26)22-13-6-7-21-15(10-13)19(27)23-14-2-1-3-17(14)25/h4-8,10,14,17,24-25H,1-3,9H2,(H,23,27)(H,21,22,26)/t14-,17-/m1/s1. The molecule has 1 aromatic heterocycles. The Labute approximate surface area is 161 Å². The van der Waals surface area contributed by atoms with E-state index in [1.165, 1.54) is 30.5 Å². The molecule has 0 aliphatic heterocycles. The summed E-state index contributed by atoms with van der Waals surface area (Å²) >= 11 is 5.88. The minimum atomic E-state index is -0.540. The number of amides is 2. The summed E-state index contributed by atoms with van der Waals surface area (Å²) in [7, 11) is 0. The van der Waals surface area contributed by atoms with Crippen LogP contribution in [0.3, 0.4) is 0 Å². The number of aromatic nitrogens is 1. The number of nitrogens with zero attached hydrogens (tertiary/aromatic N) is 1. The first-order chi connectivity index (χ1) is 12.9. The number of pyridine rings is 1. The number of aromatic hydroxyl groups is 1. The fourth-order valence-corrected chi connectivity index (χ4v) is 3.25. The number of carbonyl (C=O) groups excluding carboxylic acids is 2. The molecule has 2 aromatic rings. The largest absolute Gasteiger partial charge is 0.508 e. The van der Waals surface area contributed by atoms with Crippen molar-refractivity contribution in [2.24, 2.45) is 0 Å². The van der Waals surface area contributed by atoms with E-state index in [9.17, 15) is 19.8 Å². The van der Waals surface area contributed by atoms with Gasteiger partial charge in [-0.2, -0.15) is 0 Å². The zero-order valence-corrected chi connectivity index (χ0v) is 15.2. The van der Waals surface area contributed by atoms with Gasteiger partial charge in [0.15, 0.2) is 0 Å². The Bertz CT molecular complexity index is 859. The molecular formula is C19H20ClN3O4. The Morgan fingerprint density at radius 3 is 2.78 bits per heavy atom. The lowest BCUT2D eigenvalue weighted by Crippen LogP contribution is -2.40. The van der Waals surface area contributed by atoms with Crippen molar-refractivity contribution >= 4 is 29.1 Å². The average Bonchev–Trinajstić information content (AvgIpc) is 3.03. The highest BCUT2D eigenvalue weighted by atomic mass is 35.5. The number of anilines is 1. The first-order valence-electron chi connectivity index (χ1n) is 8.64. The van der Waals surface area contributed by atoms with Gasteiger partial charge >= 0.3 is 0 Å². The van der Waals surface area contributed by atoms with Gasteiger partial charge in [0.25, 0.3) is 5.91 Å². The van der Waals surface area contributed by atoms with Gasteiger partial charge in [0.2, 0.25) is 5.91 Å². The third-order valence-electron chi connectivity index (χ3n) is 4.46. The van der Waals surface area contributed by atoms with Crippen molar-refractivity contribution < 1.29 is 19.8 Å². The highest BCUT2D eigenvalue weighted by molar-refractivity contribution is 6.30. The number of nitrogens with one attached hydrogen (secondary N) is 2. The van der Waals surface area contributed by atoms with E-state index in [1.54, 1.807) is 6.07 Å². The summed E-state index contributed by atoms with van der Waals surface area (Å²) in [4.78, 5) is 28.6. The maximum absolute atomic E-state index is 12.3. The normalized spacial score (nSPS) is 18.9. The molecule has 1 aromatic carbocycles. The zero-order chi connectivity index (χ0) is 19.4. The van der Waals surface area contributed by atoms with Gasteiger partial charge in [-0.15, -0.1) is 0 Å². The number of rotatable bonds is 5. The van der Waals surface area contributed by atoms with E-state index in [1.807, 2.05) is 0 Å². The number of hydrogen-bond donors (Lipinski definition) is 4. The third-order valence-corrected chi connectivity index (χ3v) is 4.70. The molecule has 1 aliphatic carbocycles. The van der Waals surface area contributed by atoms with E-state index < -0.39 is 12.0 Å². The molecule has 1 fully saturated rings. The Hall–Kier alpha value is -2.64. The first kappa shape index (κ1) is 19.1. The zero-order valence-electron chi connectivity index (χ0n) is 14.5. The van der Waals surface area contributed by atoms with Gasteiger partial charge in [0, 0.05) is 22.5 Å². The van der Waals surface area contributed by atoms with Crippen LogP contribution < -0.4 is 10.6 Å². The number of carbonyl (C=O) groups is 2. The van der Waals surface area contributed by atoms with Gasteiger partial charge in [-0.1, -0.05) is 11.6 Å². The Morgan fingerprint density at radius 1 is 1.22 bits per heavy atom. The summed E-state index contributed by atoms with van der Waals surface area (Å²) in [5.41, 5.74) is 0.966. The molecule has 1 heterocycles. The summed E-state index contributed by atoms with van der Waals surface area (Å²) in [6.45, 7) is 0. The number of hydrogen-bond acceptors (Lipinski definition) is 5. The fraction of sp³-hybridized carbons (Fsp3) is 0.316. The molecule has 0 bridgehead atoms. The number of phenolic OH excluding ortho intramolecular Hbond substituents is 1. The summed E-state index contributed by atoms with van der Waals surface area (Å²) in [6, 6.07) is 7.24. The maximum Gasteiger partial charge on any atom is 0.270 e. The van der Waals surface area contributed by atoms with Crippen molar-refractivity contribution in [1.82, 2.24) is 10.3 Å². The van der Waals surface area contributed by atoms with Crippen LogP contribution in [0.1, 0.15) is 35.3 Å². The molecule has 1 aliphatic rings. The van der Waals surface area contributed by atoms with E-state index >= 15 is 0 Å². The lowest BCUT2D eigenvalue weighted by Gasteiger charge is -2.16. The maximum atomic E-state index is 12.3. The summed E-state index contributed by atoms with van der Waals surface area (Å²) in [6.07, 6.45) is 3.09. The molecule has 2 atom stereocenters. The van der Waals surface area contributed by atoms with Gasteiger partial charge in [-0.05, 0) is 49.6 Å². The van der Waals surface area contributed by atoms with Crippen molar-refractivity contribution in [3.05, 3.63) is 52.8 Å². The number of aliphatic hydroxyl groups is 1. The van der Waals surface area contributed by atoms with Crippen molar-refractivity contribution in [1.29, 1.82) is 0 Å². The molecule has 1 saturated carbocycles. The number of halogens is 1. The van der Waals surface area contributed by atoms with E-state index in [0.717, 1.165) is 12.8 Å². The molecule has 7 nitrogen and oxygen atoms in total. The third kappa shape index (κ3) is 4.96. The molecule has 0 spiro atoms. The highest BCUT2D eigenvalue weighted by Crippen LogP contribution is 2.22. The van der Waals surface area contributed by atoms with Crippen LogP contribution >= 0.6 is 11.6 Å². The molecule has 3 rings (SSSR count). The quantitative estimate of drug-likeness (QED) is 0.626.